The smallest absolute Gasteiger partial charge is 0.305 e. The van der Waals surface area contributed by atoms with Gasteiger partial charge >= 0.3 is 5.97 Å². The van der Waals surface area contributed by atoms with Gasteiger partial charge in [0, 0.05) is 12.8 Å². The minimum absolute atomic E-state index is 0.00475. The van der Waals surface area contributed by atoms with E-state index in [0.717, 1.165) is 44.9 Å². The first-order chi connectivity index (χ1) is 39.5. The van der Waals surface area contributed by atoms with Crippen LogP contribution in [0.25, 0.3) is 0 Å². The van der Waals surface area contributed by atoms with E-state index in [1.807, 2.05) is 6.08 Å². The number of rotatable bonds is 68. The molecule has 0 aliphatic rings. The minimum atomic E-state index is -0.846. The van der Waals surface area contributed by atoms with E-state index in [1.54, 1.807) is 6.08 Å². The molecule has 0 aromatic rings. The van der Waals surface area contributed by atoms with Crippen molar-refractivity contribution in [3.8, 4) is 0 Å². The monoisotopic (exact) mass is 1120 g/mol. The van der Waals surface area contributed by atoms with Crippen LogP contribution in [0.15, 0.2) is 36.5 Å². The Morgan fingerprint density at radius 2 is 0.600 bits per heavy atom. The lowest BCUT2D eigenvalue weighted by Gasteiger charge is -2.20. The Labute approximate surface area is 500 Å². The highest BCUT2D eigenvalue weighted by molar-refractivity contribution is 5.76. The molecule has 0 saturated carbocycles. The number of aliphatic hydroxyl groups is 2. The van der Waals surface area contributed by atoms with Crippen molar-refractivity contribution in [1.82, 2.24) is 5.32 Å². The number of amides is 1. The summed E-state index contributed by atoms with van der Waals surface area (Å²) in [5.41, 5.74) is 0. The number of hydrogen-bond donors (Lipinski definition) is 3. The molecule has 0 aliphatic heterocycles. The van der Waals surface area contributed by atoms with Gasteiger partial charge in [0.1, 0.15) is 0 Å². The van der Waals surface area contributed by atoms with Crippen molar-refractivity contribution in [2.24, 2.45) is 0 Å². The Morgan fingerprint density at radius 1 is 0.338 bits per heavy atom. The van der Waals surface area contributed by atoms with Gasteiger partial charge in [-0.25, -0.2) is 0 Å². The molecular formula is C74H141NO5. The van der Waals surface area contributed by atoms with Crippen molar-refractivity contribution in [1.29, 1.82) is 0 Å². The fraction of sp³-hybridized carbons (Fsp3) is 0.892. The SMILES string of the molecule is CCCC/C=C\CCCCCCCC(=O)OCCCCCCCCCCCCCC/C=C\CCCCCCCCCCCCCCC(=O)NC(CO)C(O)/C=C/CCCCCCCCCCCCCCCCCCCCCCCC. The minimum Gasteiger partial charge on any atom is -0.466 e. The summed E-state index contributed by atoms with van der Waals surface area (Å²) in [6, 6.07) is -0.629. The molecule has 0 bridgehead atoms. The quantitative estimate of drug-likeness (QED) is 0.0320. The lowest BCUT2D eigenvalue weighted by molar-refractivity contribution is -0.143. The Hall–Kier alpha value is -1.92. The number of carbonyl (C=O) groups excluding carboxylic acids is 2. The van der Waals surface area contributed by atoms with E-state index in [1.165, 1.54) is 327 Å². The summed E-state index contributed by atoms with van der Waals surface area (Å²) in [5.74, 6) is -0.0590. The van der Waals surface area contributed by atoms with E-state index >= 15 is 0 Å². The first kappa shape index (κ1) is 78.1. The highest BCUT2D eigenvalue weighted by Crippen LogP contribution is 2.19. The first-order valence-electron chi connectivity index (χ1n) is 36.3. The molecule has 0 radical (unpaired) electrons. The molecule has 0 spiro atoms. The van der Waals surface area contributed by atoms with Crippen molar-refractivity contribution in [2.75, 3.05) is 13.2 Å². The van der Waals surface area contributed by atoms with Gasteiger partial charge in [0.25, 0.3) is 0 Å². The highest BCUT2D eigenvalue weighted by atomic mass is 16.5. The average molecular weight is 1120 g/mol. The fourth-order valence-corrected chi connectivity index (χ4v) is 11.3. The summed E-state index contributed by atoms with van der Waals surface area (Å²) in [4.78, 5) is 24.5. The molecule has 2 unspecified atom stereocenters. The molecule has 472 valence electrons. The van der Waals surface area contributed by atoms with Gasteiger partial charge in [-0.3, -0.25) is 9.59 Å². The van der Waals surface area contributed by atoms with Crippen molar-refractivity contribution < 1.29 is 24.5 Å². The number of allylic oxidation sites excluding steroid dienone is 5. The largest absolute Gasteiger partial charge is 0.466 e. The number of unbranched alkanes of at least 4 members (excludes halogenated alkanes) is 53. The Kier molecular flexibility index (Phi) is 67.9. The Balaban J connectivity index is 3.41. The zero-order chi connectivity index (χ0) is 57.8. The number of carbonyl (C=O) groups is 2. The lowest BCUT2D eigenvalue weighted by atomic mass is 10.0. The average Bonchev–Trinajstić information content (AvgIpc) is 3.46. The molecule has 80 heavy (non-hydrogen) atoms. The molecule has 6 nitrogen and oxygen atoms in total. The lowest BCUT2D eigenvalue weighted by Crippen LogP contribution is -2.45. The van der Waals surface area contributed by atoms with Crippen molar-refractivity contribution in [3.63, 3.8) is 0 Å². The summed E-state index contributed by atoms with van der Waals surface area (Å²) in [6.45, 7) is 4.90. The normalized spacial score (nSPS) is 12.7. The van der Waals surface area contributed by atoms with E-state index in [2.05, 4.69) is 43.5 Å². The van der Waals surface area contributed by atoms with Crippen LogP contribution in [-0.4, -0.2) is 47.4 Å². The Morgan fingerprint density at radius 3 is 0.925 bits per heavy atom. The van der Waals surface area contributed by atoms with E-state index in [0.29, 0.717) is 19.4 Å². The van der Waals surface area contributed by atoms with Crippen LogP contribution >= 0.6 is 0 Å². The van der Waals surface area contributed by atoms with Crippen LogP contribution in [0.5, 0.6) is 0 Å². The van der Waals surface area contributed by atoms with Crippen molar-refractivity contribution in [2.45, 2.75) is 411 Å². The first-order valence-corrected chi connectivity index (χ1v) is 36.3. The second-order valence-corrected chi connectivity index (χ2v) is 24.9. The summed E-state index contributed by atoms with van der Waals surface area (Å²) in [5, 5.41) is 23.3. The third kappa shape index (κ3) is 65.2. The van der Waals surface area contributed by atoms with Gasteiger partial charge in [-0.05, 0) is 77.0 Å². The zero-order valence-corrected chi connectivity index (χ0v) is 54.1. The molecule has 0 heterocycles. The third-order valence-corrected chi connectivity index (χ3v) is 16.9. The van der Waals surface area contributed by atoms with Crippen LogP contribution in [0.1, 0.15) is 399 Å². The topological polar surface area (TPSA) is 95.9 Å². The molecule has 0 aromatic heterocycles. The van der Waals surface area contributed by atoms with Crippen LogP contribution in [-0.2, 0) is 14.3 Å². The second-order valence-electron chi connectivity index (χ2n) is 24.9. The summed E-state index contributed by atoms with van der Waals surface area (Å²) in [6.07, 6.45) is 89.5. The maximum atomic E-state index is 12.5. The number of nitrogens with one attached hydrogen (secondary N) is 1. The molecule has 0 saturated heterocycles. The molecular weight excluding hydrogens is 983 g/mol. The summed E-state index contributed by atoms with van der Waals surface area (Å²) >= 11 is 0. The predicted molar refractivity (Wildman–Crippen MR) is 352 cm³/mol. The highest BCUT2D eigenvalue weighted by Gasteiger charge is 2.18. The molecule has 0 aromatic carbocycles. The molecule has 0 rings (SSSR count). The third-order valence-electron chi connectivity index (χ3n) is 16.9. The number of ether oxygens (including phenoxy) is 1. The summed E-state index contributed by atoms with van der Waals surface area (Å²) < 4.78 is 5.47. The molecule has 2 atom stereocenters. The van der Waals surface area contributed by atoms with E-state index in [9.17, 15) is 19.8 Å². The van der Waals surface area contributed by atoms with Gasteiger partial charge in [0.05, 0.1) is 25.4 Å². The van der Waals surface area contributed by atoms with Crippen LogP contribution in [0.2, 0.25) is 0 Å². The molecule has 0 aliphatic carbocycles. The van der Waals surface area contributed by atoms with Gasteiger partial charge in [-0.1, -0.05) is 346 Å². The van der Waals surface area contributed by atoms with Crippen molar-refractivity contribution >= 4 is 11.9 Å². The standard InChI is InChI=1S/C74H141NO5/c1-3-5-7-9-11-13-15-16-17-18-19-20-21-28-31-34-37-40-43-47-50-54-58-62-66-72(77)71(70-76)75-73(78)67-63-59-55-51-48-44-41-38-35-32-29-26-24-22-23-25-27-30-33-36-39-42-45-49-53-57-61-65-69-80-74(79)68-64-60-56-52-46-14-12-10-8-6-4-2/h10,12,22-23,62,66,71-72,76-77H,3-9,11,13-21,24-61,63-65,67-70H2,1-2H3,(H,75,78)/b12-10-,23-22-,66-62+. The molecule has 0 fully saturated rings. The van der Waals surface area contributed by atoms with Gasteiger partial charge in [0.15, 0.2) is 0 Å². The molecule has 1 amide bonds. The number of aliphatic hydroxyl groups excluding tert-OH is 2. The van der Waals surface area contributed by atoms with Crippen molar-refractivity contribution in [3.05, 3.63) is 36.5 Å². The van der Waals surface area contributed by atoms with Crippen LogP contribution in [0, 0.1) is 0 Å². The van der Waals surface area contributed by atoms with Gasteiger partial charge in [-0.2, -0.15) is 0 Å². The Bertz CT molecular complexity index is 1300. The van der Waals surface area contributed by atoms with E-state index in [4.69, 9.17) is 4.74 Å². The van der Waals surface area contributed by atoms with Crippen LogP contribution in [0.3, 0.4) is 0 Å². The van der Waals surface area contributed by atoms with Gasteiger partial charge < -0.3 is 20.3 Å². The van der Waals surface area contributed by atoms with Crippen LogP contribution < -0.4 is 5.32 Å². The second kappa shape index (κ2) is 69.6. The van der Waals surface area contributed by atoms with E-state index in [-0.39, 0.29) is 18.5 Å². The van der Waals surface area contributed by atoms with Crippen LogP contribution in [0.4, 0.5) is 0 Å². The predicted octanol–water partition coefficient (Wildman–Crippen LogP) is 23.5. The molecule has 6 heteroatoms. The van der Waals surface area contributed by atoms with Gasteiger partial charge in [-0.15, -0.1) is 0 Å². The fourth-order valence-electron chi connectivity index (χ4n) is 11.3. The zero-order valence-electron chi connectivity index (χ0n) is 54.1. The number of hydrogen-bond acceptors (Lipinski definition) is 5. The number of esters is 1. The maximum absolute atomic E-state index is 12.5. The van der Waals surface area contributed by atoms with E-state index < -0.39 is 12.1 Å². The summed E-state index contributed by atoms with van der Waals surface area (Å²) in [7, 11) is 0. The van der Waals surface area contributed by atoms with Gasteiger partial charge in [0.2, 0.25) is 5.91 Å². The molecule has 3 N–H and O–H groups in total. The maximum Gasteiger partial charge on any atom is 0.305 e.